The maximum absolute atomic E-state index is 4.99. The minimum Gasteiger partial charge on any atom is -0.272 e. The van der Waals surface area contributed by atoms with Crippen LogP contribution in [0.3, 0.4) is 0 Å². The molecule has 6 nitrogen and oxygen atoms in total. The second-order valence-electron chi connectivity index (χ2n) is 10.2. The molecule has 0 bridgehead atoms. The molecule has 0 aliphatic rings. The van der Waals surface area contributed by atoms with Crippen molar-refractivity contribution in [3.05, 3.63) is 140 Å². The molecule has 6 rings (SSSR count). The van der Waals surface area contributed by atoms with Crippen molar-refractivity contribution in [2.24, 2.45) is 4.99 Å². The Morgan fingerprint density at radius 3 is 1.47 bits per heavy atom. The molecule has 0 atom stereocenters. The highest BCUT2D eigenvalue weighted by Gasteiger charge is 2.14. The predicted octanol–water partition coefficient (Wildman–Crippen LogP) is 9.34. The Hall–Kier alpha value is -5.53. The van der Waals surface area contributed by atoms with E-state index in [0.717, 1.165) is 67.0 Å². The molecule has 45 heavy (non-hydrogen) atoms. The lowest BCUT2D eigenvalue weighted by atomic mass is 9.93. The van der Waals surface area contributed by atoms with Crippen molar-refractivity contribution >= 4 is 24.1 Å². The quantitative estimate of drug-likeness (QED) is 0.0710. The van der Waals surface area contributed by atoms with Crippen molar-refractivity contribution in [2.45, 2.75) is 12.1 Å². The van der Waals surface area contributed by atoms with Gasteiger partial charge >= 0.3 is 0 Å². The Labute approximate surface area is 267 Å². The van der Waals surface area contributed by atoms with Crippen LogP contribution in [0.2, 0.25) is 0 Å². The first-order valence-corrected chi connectivity index (χ1v) is 15.6. The molecule has 0 aliphatic heterocycles. The SMILES string of the molecule is C=N/C=C\C(=C/C)c1cc(-c2ccncc2)cc(-c2cc(-c3cc(-c4ccncc4)cc(-c4ccncc4)c3)nc(SC)n2)c1. The third-order valence-corrected chi connectivity index (χ3v) is 7.94. The molecule has 4 aromatic heterocycles. The number of benzene rings is 2. The summed E-state index contributed by atoms with van der Waals surface area (Å²) in [7, 11) is 0. The lowest BCUT2D eigenvalue weighted by molar-refractivity contribution is 0.982. The largest absolute Gasteiger partial charge is 0.272 e. The van der Waals surface area contributed by atoms with E-state index in [1.54, 1.807) is 6.20 Å². The van der Waals surface area contributed by atoms with E-state index < -0.39 is 0 Å². The summed E-state index contributed by atoms with van der Waals surface area (Å²) < 4.78 is 0. The second-order valence-corrected chi connectivity index (χ2v) is 10.9. The molecule has 7 heteroatoms. The number of aromatic nitrogens is 5. The second kappa shape index (κ2) is 13.8. The van der Waals surface area contributed by atoms with Gasteiger partial charge in [0.15, 0.2) is 5.16 Å². The summed E-state index contributed by atoms with van der Waals surface area (Å²) in [6.07, 6.45) is 18.6. The molecule has 0 unspecified atom stereocenters. The summed E-state index contributed by atoms with van der Waals surface area (Å²) in [6, 6.07) is 27.3. The zero-order valence-corrected chi connectivity index (χ0v) is 25.8. The van der Waals surface area contributed by atoms with Gasteiger partial charge < -0.3 is 0 Å². The van der Waals surface area contributed by atoms with Crippen LogP contribution in [0.5, 0.6) is 0 Å². The fraction of sp³-hybridized carbons (Fsp3) is 0.0526. The Bertz CT molecular complexity index is 1950. The zero-order chi connectivity index (χ0) is 31.0. The van der Waals surface area contributed by atoms with Gasteiger partial charge in [-0.1, -0.05) is 17.8 Å². The van der Waals surface area contributed by atoms with E-state index in [4.69, 9.17) is 9.97 Å². The van der Waals surface area contributed by atoms with Crippen LogP contribution >= 0.6 is 11.8 Å². The zero-order valence-electron chi connectivity index (χ0n) is 25.0. The van der Waals surface area contributed by atoms with E-state index in [2.05, 4.69) is 75.2 Å². The molecular weight excluding hydrogens is 573 g/mol. The van der Waals surface area contributed by atoms with Gasteiger partial charge in [0.2, 0.25) is 0 Å². The third-order valence-electron chi connectivity index (χ3n) is 7.39. The lowest BCUT2D eigenvalue weighted by Gasteiger charge is -2.14. The first-order valence-electron chi connectivity index (χ1n) is 14.4. The van der Waals surface area contributed by atoms with Crippen LogP contribution in [0, 0.1) is 0 Å². The summed E-state index contributed by atoms with van der Waals surface area (Å²) in [4.78, 5) is 26.6. The van der Waals surface area contributed by atoms with E-state index in [9.17, 15) is 0 Å². The molecule has 2 aromatic carbocycles. The van der Waals surface area contributed by atoms with E-state index >= 15 is 0 Å². The average molecular weight is 603 g/mol. The number of allylic oxidation sites excluding steroid dienone is 3. The Kier molecular flexibility index (Phi) is 9.08. The minimum atomic E-state index is 0.695. The fourth-order valence-electron chi connectivity index (χ4n) is 5.16. The van der Waals surface area contributed by atoms with Gasteiger partial charge in [-0.15, -0.1) is 0 Å². The average Bonchev–Trinajstić information content (AvgIpc) is 3.12. The van der Waals surface area contributed by atoms with Crippen LogP contribution in [0.25, 0.3) is 61.5 Å². The van der Waals surface area contributed by atoms with Crippen molar-refractivity contribution < 1.29 is 0 Å². The van der Waals surface area contributed by atoms with Gasteiger partial charge in [0.1, 0.15) is 0 Å². The Balaban J connectivity index is 1.55. The lowest BCUT2D eigenvalue weighted by Crippen LogP contribution is -1.96. The highest BCUT2D eigenvalue weighted by Crippen LogP contribution is 2.36. The number of thioether (sulfide) groups is 1. The molecule has 0 spiro atoms. The van der Waals surface area contributed by atoms with E-state index in [1.165, 1.54) is 11.8 Å². The molecule has 4 heterocycles. The van der Waals surface area contributed by atoms with Gasteiger partial charge in [-0.3, -0.25) is 19.9 Å². The number of hydrogen-bond acceptors (Lipinski definition) is 7. The van der Waals surface area contributed by atoms with Crippen molar-refractivity contribution in [2.75, 3.05) is 6.26 Å². The highest BCUT2D eigenvalue weighted by molar-refractivity contribution is 7.98. The monoisotopic (exact) mass is 602 g/mol. The van der Waals surface area contributed by atoms with Crippen molar-refractivity contribution in [1.29, 1.82) is 0 Å². The first kappa shape index (κ1) is 29.5. The third kappa shape index (κ3) is 6.84. The van der Waals surface area contributed by atoms with Crippen LogP contribution < -0.4 is 0 Å². The molecule has 0 saturated carbocycles. The maximum atomic E-state index is 4.99. The van der Waals surface area contributed by atoms with Crippen LogP contribution in [0.4, 0.5) is 0 Å². The molecule has 6 aromatic rings. The fourth-order valence-corrected chi connectivity index (χ4v) is 5.53. The summed E-state index contributed by atoms with van der Waals surface area (Å²) in [6.45, 7) is 5.62. The van der Waals surface area contributed by atoms with E-state index in [-0.39, 0.29) is 0 Å². The van der Waals surface area contributed by atoms with Gasteiger partial charge in [0, 0.05) is 54.5 Å². The van der Waals surface area contributed by atoms with Crippen LogP contribution in [0.15, 0.2) is 145 Å². The highest BCUT2D eigenvalue weighted by atomic mass is 32.2. The molecular formula is C38H30N6S. The first-order chi connectivity index (χ1) is 22.1. The maximum Gasteiger partial charge on any atom is 0.188 e. The van der Waals surface area contributed by atoms with Crippen LogP contribution in [-0.2, 0) is 0 Å². The Morgan fingerprint density at radius 1 is 0.600 bits per heavy atom. The van der Waals surface area contributed by atoms with E-state index in [0.29, 0.717) is 5.16 Å². The topological polar surface area (TPSA) is 76.8 Å². The van der Waals surface area contributed by atoms with Crippen LogP contribution in [-0.4, -0.2) is 37.9 Å². The number of nitrogens with zero attached hydrogens (tertiary/aromatic N) is 6. The normalized spacial score (nSPS) is 11.6. The molecule has 0 aliphatic carbocycles. The summed E-state index contributed by atoms with van der Waals surface area (Å²) in [5.74, 6) is 0. The molecule has 0 N–H and O–H groups in total. The summed E-state index contributed by atoms with van der Waals surface area (Å²) in [5.41, 5.74) is 12.2. The minimum absolute atomic E-state index is 0.695. The number of hydrogen-bond donors (Lipinski definition) is 0. The summed E-state index contributed by atoms with van der Waals surface area (Å²) in [5, 5.41) is 0.695. The number of rotatable bonds is 9. The molecule has 0 fully saturated rings. The molecule has 0 amide bonds. The Morgan fingerprint density at radius 2 is 1.02 bits per heavy atom. The molecule has 218 valence electrons. The smallest absolute Gasteiger partial charge is 0.188 e. The van der Waals surface area contributed by atoms with Crippen molar-refractivity contribution in [3.8, 4) is 55.9 Å². The number of pyridine rings is 3. The molecule has 0 radical (unpaired) electrons. The van der Waals surface area contributed by atoms with Crippen molar-refractivity contribution in [1.82, 2.24) is 24.9 Å². The van der Waals surface area contributed by atoms with Gasteiger partial charge in [-0.2, -0.15) is 0 Å². The molecule has 0 saturated heterocycles. The van der Waals surface area contributed by atoms with Gasteiger partial charge in [0.25, 0.3) is 0 Å². The number of aliphatic imine (C=N–C) groups is 1. The van der Waals surface area contributed by atoms with Crippen LogP contribution in [0.1, 0.15) is 12.5 Å². The van der Waals surface area contributed by atoms with E-state index in [1.807, 2.05) is 92.8 Å². The standard InChI is InChI=1S/C38H30N6S/c1-4-26(5-12-39-2)30-19-31(27-6-13-40-14-7-27)22-34(21-30)36-25-37(44-38(43-36)45-3)35-23-32(28-8-15-41-16-9-28)20-33(24-35)29-10-17-42-18-11-29/h4-25H,2H2,1,3H3/b12-5-,26-4+. The van der Waals surface area contributed by atoms with Crippen molar-refractivity contribution in [3.63, 3.8) is 0 Å². The van der Waals surface area contributed by atoms with Gasteiger partial charge in [-0.05, 0) is 149 Å². The van der Waals surface area contributed by atoms with Gasteiger partial charge in [-0.25, -0.2) is 9.97 Å². The predicted molar refractivity (Wildman–Crippen MR) is 187 cm³/mol. The summed E-state index contributed by atoms with van der Waals surface area (Å²) >= 11 is 1.53. The van der Waals surface area contributed by atoms with Gasteiger partial charge in [0.05, 0.1) is 11.4 Å².